The summed E-state index contributed by atoms with van der Waals surface area (Å²) in [7, 11) is 1.59. The number of carbonyl (C=O) groups is 2. The molecule has 0 bridgehead atoms. The highest BCUT2D eigenvalue weighted by Crippen LogP contribution is 2.17. The molecular weight excluding hydrogens is 371 g/mol. The van der Waals surface area contributed by atoms with Gasteiger partial charge >= 0.3 is 0 Å². The van der Waals surface area contributed by atoms with Gasteiger partial charge < -0.3 is 10.6 Å². The van der Waals surface area contributed by atoms with Gasteiger partial charge in [-0.3, -0.25) is 14.3 Å². The Morgan fingerprint density at radius 1 is 1.11 bits per heavy atom. The van der Waals surface area contributed by atoms with Gasteiger partial charge in [0.25, 0.3) is 11.8 Å². The van der Waals surface area contributed by atoms with Crippen LogP contribution in [0.25, 0.3) is 0 Å². The summed E-state index contributed by atoms with van der Waals surface area (Å²) in [5.74, 6) is -0.962. The van der Waals surface area contributed by atoms with Crippen LogP contribution in [0.1, 0.15) is 26.4 Å². The normalized spacial score (nSPS) is 10.5. The van der Waals surface area contributed by atoms with Crippen molar-refractivity contribution in [1.82, 2.24) is 15.1 Å². The lowest BCUT2D eigenvalue weighted by Crippen LogP contribution is -2.23. The van der Waals surface area contributed by atoms with Crippen LogP contribution in [0, 0.1) is 5.82 Å². The molecule has 2 aromatic carbocycles. The molecule has 0 saturated carbocycles. The van der Waals surface area contributed by atoms with Crippen molar-refractivity contribution in [2.45, 2.75) is 6.54 Å². The van der Waals surface area contributed by atoms with Gasteiger partial charge in [0.15, 0.2) is 5.69 Å². The maximum absolute atomic E-state index is 13.6. The first kappa shape index (κ1) is 18.6. The third kappa shape index (κ3) is 4.32. The summed E-state index contributed by atoms with van der Waals surface area (Å²) < 4.78 is 15.0. The Balaban J connectivity index is 1.68. The summed E-state index contributed by atoms with van der Waals surface area (Å²) in [4.78, 5) is 24.6. The Hall–Kier alpha value is -3.19. The van der Waals surface area contributed by atoms with E-state index in [1.165, 1.54) is 16.8 Å². The molecule has 1 heterocycles. The van der Waals surface area contributed by atoms with Crippen LogP contribution in [0.2, 0.25) is 5.02 Å². The van der Waals surface area contributed by atoms with Crippen molar-refractivity contribution in [3.05, 3.63) is 82.3 Å². The lowest BCUT2D eigenvalue weighted by atomic mass is 10.2. The van der Waals surface area contributed by atoms with Crippen LogP contribution in [-0.4, -0.2) is 21.6 Å². The van der Waals surface area contributed by atoms with E-state index in [9.17, 15) is 14.0 Å². The summed E-state index contributed by atoms with van der Waals surface area (Å²) in [5.41, 5.74) is 0.781. The molecule has 0 radical (unpaired) electrons. The second-order valence-electron chi connectivity index (χ2n) is 5.75. The molecule has 2 N–H and O–H groups in total. The minimum atomic E-state index is -0.480. The van der Waals surface area contributed by atoms with Gasteiger partial charge in [0.1, 0.15) is 11.6 Å². The molecule has 138 valence electrons. The number of halogens is 2. The van der Waals surface area contributed by atoms with Crippen molar-refractivity contribution in [1.29, 1.82) is 0 Å². The van der Waals surface area contributed by atoms with E-state index < -0.39 is 17.6 Å². The number of benzene rings is 2. The fraction of sp³-hybridized carbons (Fsp3) is 0.105. The number of anilines is 1. The van der Waals surface area contributed by atoms with Gasteiger partial charge in [-0.05, 0) is 18.2 Å². The van der Waals surface area contributed by atoms with Crippen LogP contribution >= 0.6 is 11.6 Å². The molecular formula is C19H16ClFN4O2. The molecule has 0 spiro atoms. The van der Waals surface area contributed by atoms with Gasteiger partial charge in [0.05, 0.1) is 10.6 Å². The molecule has 0 fully saturated rings. The van der Waals surface area contributed by atoms with Gasteiger partial charge in [-0.1, -0.05) is 41.9 Å². The highest BCUT2D eigenvalue weighted by molar-refractivity contribution is 6.34. The van der Waals surface area contributed by atoms with E-state index in [2.05, 4.69) is 15.7 Å². The second kappa shape index (κ2) is 8.01. The molecule has 0 aliphatic rings. The zero-order valence-corrected chi connectivity index (χ0v) is 15.1. The number of carbonyl (C=O) groups excluding carboxylic acids is 2. The zero-order chi connectivity index (χ0) is 19.4. The quantitative estimate of drug-likeness (QED) is 0.705. The van der Waals surface area contributed by atoms with E-state index in [0.717, 1.165) is 0 Å². The van der Waals surface area contributed by atoms with Crippen LogP contribution in [0.15, 0.2) is 54.6 Å². The van der Waals surface area contributed by atoms with Gasteiger partial charge in [0.2, 0.25) is 0 Å². The fourth-order valence-electron chi connectivity index (χ4n) is 2.43. The predicted octanol–water partition coefficient (Wildman–Crippen LogP) is 3.39. The van der Waals surface area contributed by atoms with Gasteiger partial charge in [0, 0.05) is 25.2 Å². The lowest BCUT2D eigenvalue weighted by molar-refractivity contribution is 0.0944. The molecule has 6 nitrogen and oxygen atoms in total. The van der Waals surface area contributed by atoms with Crippen LogP contribution in [0.3, 0.4) is 0 Å². The molecule has 0 unspecified atom stereocenters. The van der Waals surface area contributed by atoms with Crippen LogP contribution in [-0.2, 0) is 13.6 Å². The predicted molar refractivity (Wildman–Crippen MR) is 100 cm³/mol. The number of aryl methyl sites for hydroxylation is 1. The highest BCUT2D eigenvalue weighted by Gasteiger charge is 2.16. The van der Waals surface area contributed by atoms with Crippen LogP contribution in [0.5, 0.6) is 0 Å². The lowest BCUT2D eigenvalue weighted by Gasteiger charge is -2.06. The maximum atomic E-state index is 13.6. The van der Waals surface area contributed by atoms with Gasteiger partial charge in [-0.15, -0.1) is 0 Å². The molecule has 0 aliphatic carbocycles. The highest BCUT2D eigenvalue weighted by atomic mass is 35.5. The number of nitrogens with one attached hydrogen (secondary N) is 2. The van der Waals surface area contributed by atoms with Crippen molar-refractivity contribution in [2.75, 3.05) is 5.32 Å². The average molecular weight is 387 g/mol. The standard InChI is InChI=1S/C19H16ClFN4O2/c1-25-17(23-18(26)13-7-3-4-8-14(13)20)10-16(24-25)19(27)22-11-12-6-2-5-9-15(12)21/h2-10H,11H2,1H3,(H,22,27)(H,23,26). The molecule has 8 heteroatoms. The third-order valence-corrected chi connectivity index (χ3v) is 4.20. The van der Waals surface area contributed by atoms with Crippen molar-refractivity contribution in [3.8, 4) is 0 Å². The number of nitrogens with zero attached hydrogens (tertiary/aromatic N) is 2. The Kier molecular flexibility index (Phi) is 5.52. The Labute approximate surface area is 160 Å². The summed E-state index contributed by atoms with van der Waals surface area (Å²) in [6.45, 7) is 0.0311. The topological polar surface area (TPSA) is 76.0 Å². The van der Waals surface area contributed by atoms with Crippen molar-refractivity contribution < 1.29 is 14.0 Å². The van der Waals surface area contributed by atoms with E-state index in [-0.39, 0.29) is 12.2 Å². The Morgan fingerprint density at radius 3 is 2.56 bits per heavy atom. The van der Waals surface area contributed by atoms with Crippen molar-refractivity contribution in [2.24, 2.45) is 7.05 Å². The van der Waals surface area contributed by atoms with Crippen molar-refractivity contribution >= 4 is 29.2 Å². The smallest absolute Gasteiger partial charge is 0.272 e. The number of hydrogen-bond acceptors (Lipinski definition) is 3. The zero-order valence-electron chi connectivity index (χ0n) is 14.4. The molecule has 3 aromatic rings. The number of hydrogen-bond donors (Lipinski definition) is 2. The van der Waals surface area contributed by atoms with E-state index in [0.29, 0.717) is 22.0 Å². The number of rotatable bonds is 5. The molecule has 27 heavy (non-hydrogen) atoms. The maximum Gasteiger partial charge on any atom is 0.272 e. The molecule has 0 saturated heterocycles. The van der Waals surface area contributed by atoms with E-state index in [1.807, 2.05) is 0 Å². The minimum Gasteiger partial charge on any atom is -0.346 e. The minimum absolute atomic E-state index is 0.0311. The first-order valence-corrected chi connectivity index (χ1v) is 8.45. The molecule has 0 aliphatic heterocycles. The van der Waals surface area contributed by atoms with Crippen LogP contribution in [0.4, 0.5) is 10.2 Å². The van der Waals surface area contributed by atoms with E-state index in [4.69, 9.17) is 11.6 Å². The largest absolute Gasteiger partial charge is 0.346 e. The summed E-state index contributed by atoms with van der Waals surface area (Å²) in [6.07, 6.45) is 0. The summed E-state index contributed by atoms with van der Waals surface area (Å²) in [6, 6.07) is 14.2. The van der Waals surface area contributed by atoms with Gasteiger partial charge in [-0.25, -0.2) is 4.39 Å². The first-order chi connectivity index (χ1) is 13.0. The second-order valence-corrected chi connectivity index (χ2v) is 6.15. The molecule has 1 aromatic heterocycles. The SMILES string of the molecule is Cn1nc(C(=O)NCc2ccccc2F)cc1NC(=O)c1ccccc1Cl. The number of amides is 2. The van der Waals surface area contributed by atoms with E-state index >= 15 is 0 Å². The third-order valence-electron chi connectivity index (χ3n) is 3.87. The average Bonchev–Trinajstić information content (AvgIpc) is 3.01. The monoisotopic (exact) mass is 386 g/mol. The number of aromatic nitrogens is 2. The molecule has 3 rings (SSSR count). The first-order valence-electron chi connectivity index (χ1n) is 8.07. The van der Waals surface area contributed by atoms with E-state index in [1.54, 1.807) is 49.5 Å². The Bertz CT molecular complexity index is 1000. The van der Waals surface area contributed by atoms with Gasteiger partial charge in [-0.2, -0.15) is 5.10 Å². The molecule has 2 amide bonds. The summed E-state index contributed by atoms with van der Waals surface area (Å²) >= 11 is 6.02. The van der Waals surface area contributed by atoms with Crippen molar-refractivity contribution in [3.63, 3.8) is 0 Å². The summed E-state index contributed by atoms with van der Waals surface area (Å²) in [5, 5.41) is 9.66. The fourth-order valence-corrected chi connectivity index (χ4v) is 2.65. The molecule has 0 atom stereocenters. The Morgan fingerprint density at radius 2 is 1.81 bits per heavy atom. The van der Waals surface area contributed by atoms with Crippen LogP contribution < -0.4 is 10.6 Å².